The van der Waals surface area contributed by atoms with Gasteiger partial charge >= 0.3 is 0 Å². The zero-order valence-corrected chi connectivity index (χ0v) is 12.4. The molecule has 0 aromatic carbocycles. The summed E-state index contributed by atoms with van der Waals surface area (Å²) in [6.07, 6.45) is 12.2. The maximum atomic E-state index is 6.18. The van der Waals surface area contributed by atoms with E-state index < -0.39 is 0 Å². The van der Waals surface area contributed by atoms with E-state index in [1.54, 1.807) is 0 Å². The van der Waals surface area contributed by atoms with Gasteiger partial charge in [-0.1, -0.05) is 12.8 Å². The molecule has 4 unspecified atom stereocenters. The Balaban J connectivity index is 1.51. The van der Waals surface area contributed by atoms with Gasteiger partial charge in [-0.15, -0.1) is 0 Å². The first kappa shape index (κ1) is 13.8. The van der Waals surface area contributed by atoms with Gasteiger partial charge in [-0.25, -0.2) is 0 Å². The molecule has 0 aromatic rings. The van der Waals surface area contributed by atoms with Crippen molar-refractivity contribution in [3.8, 4) is 0 Å². The summed E-state index contributed by atoms with van der Waals surface area (Å²) in [5, 5.41) is 3.24. The molecule has 1 saturated carbocycles. The van der Waals surface area contributed by atoms with Crippen LogP contribution >= 0.6 is 0 Å². The van der Waals surface area contributed by atoms with Crippen molar-refractivity contribution in [1.82, 2.24) is 10.2 Å². The lowest BCUT2D eigenvalue weighted by Gasteiger charge is -2.45. The lowest BCUT2D eigenvalue weighted by molar-refractivity contribution is -0.0121. The molecule has 0 radical (unpaired) electrons. The van der Waals surface area contributed by atoms with Crippen LogP contribution in [0.1, 0.15) is 51.4 Å². The van der Waals surface area contributed by atoms with E-state index in [0.29, 0.717) is 12.2 Å². The van der Waals surface area contributed by atoms with Crippen molar-refractivity contribution in [2.24, 2.45) is 5.92 Å². The number of nitrogens with zero attached hydrogens (tertiary/aromatic N) is 1. The van der Waals surface area contributed by atoms with Crippen molar-refractivity contribution in [2.75, 3.05) is 26.7 Å². The molecule has 2 aliphatic heterocycles. The van der Waals surface area contributed by atoms with Crippen molar-refractivity contribution in [1.29, 1.82) is 0 Å². The highest BCUT2D eigenvalue weighted by atomic mass is 16.5. The molecule has 1 N–H and O–H groups in total. The molecule has 3 fully saturated rings. The van der Waals surface area contributed by atoms with Gasteiger partial charge in [-0.05, 0) is 58.0 Å². The number of hydrogen-bond acceptors (Lipinski definition) is 3. The number of nitrogens with one attached hydrogen (secondary N) is 1. The van der Waals surface area contributed by atoms with Crippen molar-refractivity contribution < 1.29 is 4.74 Å². The summed E-state index contributed by atoms with van der Waals surface area (Å²) in [5.41, 5.74) is 0. The smallest absolute Gasteiger partial charge is 0.0707 e. The zero-order valence-electron chi connectivity index (χ0n) is 12.4. The second-order valence-corrected chi connectivity index (χ2v) is 6.76. The van der Waals surface area contributed by atoms with E-state index in [4.69, 9.17) is 4.74 Å². The first-order valence-electron chi connectivity index (χ1n) is 8.41. The molecule has 1 aliphatic carbocycles. The van der Waals surface area contributed by atoms with E-state index in [-0.39, 0.29) is 0 Å². The molecule has 0 spiro atoms. The van der Waals surface area contributed by atoms with Gasteiger partial charge in [0, 0.05) is 19.1 Å². The highest BCUT2D eigenvalue weighted by molar-refractivity contribution is 4.89. The van der Waals surface area contributed by atoms with Gasteiger partial charge in [0.1, 0.15) is 0 Å². The third-order valence-electron chi connectivity index (χ3n) is 5.42. The minimum absolute atomic E-state index is 0.460. The monoisotopic (exact) mass is 266 g/mol. The van der Waals surface area contributed by atoms with Crippen LogP contribution in [0.2, 0.25) is 0 Å². The van der Waals surface area contributed by atoms with Crippen molar-refractivity contribution in [3.63, 3.8) is 0 Å². The van der Waals surface area contributed by atoms with Gasteiger partial charge in [0.15, 0.2) is 0 Å². The summed E-state index contributed by atoms with van der Waals surface area (Å²) in [6.45, 7) is 3.53. The Morgan fingerprint density at radius 3 is 2.68 bits per heavy atom. The number of rotatable bonds is 4. The number of likely N-dealkylation sites (N-methyl/N-ethyl adjacent to an activating group) is 1. The average Bonchev–Trinajstić information content (AvgIpc) is 2.87. The van der Waals surface area contributed by atoms with Crippen molar-refractivity contribution in [3.05, 3.63) is 0 Å². The Bertz CT molecular complexity index is 282. The number of likely N-dealkylation sites (tertiary alicyclic amines) is 1. The van der Waals surface area contributed by atoms with E-state index >= 15 is 0 Å². The van der Waals surface area contributed by atoms with Crippen LogP contribution in [0, 0.1) is 5.92 Å². The molecule has 2 heterocycles. The molecule has 110 valence electrons. The van der Waals surface area contributed by atoms with Gasteiger partial charge < -0.3 is 10.1 Å². The SMILES string of the molecule is CNCC1CCC(CN2CCCC3CCCCC32)O1. The third-order valence-corrected chi connectivity index (χ3v) is 5.42. The fourth-order valence-electron chi connectivity index (χ4n) is 4.51. The maximum Gasteiger partial charge on any atom is 0.0707 e. The minimum Gasteiger partial charge on any atom is -0.372 e. The third kappa shape index (κ3) is 3.32. The molecular weight excluding hydrogens is 236 g/mol. The number of piperidine rings is 1. The second kappa shape index (κ2) is 6.55. The Morgan fingerprint density at radius 2 is 1.79 bits per heavy atom. The van der Waals surface area contributed by atoms with E-state index in [9.17, 15) is 0 Å². The average molecular weight is 266 g/mol. The molecular formula is C16H30N2O. The maximum absolute atomic E-state index is 6.18. The summed E-state index contributed by atoms with van der Waals surface area (Å²) >= 11 is 0. The molecule has 2 saturated heterocycles. The molecule has 4 atom stereocenters. The van der Waals surface area contributed by atoms with Crippen LogP contribution in [0.4, 0.5) is 0 Å². The molecule has 3 aliphatic rings. The Hall–Kier alpha value is -0.120. The van der Waals surface area contributed by atoms with Crippen LogP contribution in [0.5, 0.6) is 0 Å². The summed E-state index contributed by atoms with van der Waals surface area (Å²) < 4.78 is 6.18. The van der Waals surface area contributed by atoms with Gasteiger partial charge in [-0.2, -0.15) is 0 Å². The topological polar surface area (TPSA) is 24.5 Å². The summed E-state index contributed by atoms with van der Waals surface area (Å²) in [4.78, 5) is 2.78. The predicted octanol–water partition coefficient (Wildman–Crippen LogP) is 2.41. The van der Waals surface area contributed by atoms with Crippen molar-refractivity contribution in [2.45, 2.75) is 69.6 Å². The van der Waals surface area contributed by atoms with Crippen LogP contribution in [-0.4, -0.2) is 49.8 Å². The fourth-order valence-corrected chi connectivity index (χ4v) is 4.51. The number of fused-ring (bicyclic) bond motifs is 1. The Labute approximate surface area is 118 Å². The van der Waals surface area contributed by atoms with Crippen molar-refractivity contribution >= 4 is 0 Å². The molecule has 0 aromatic heterocycles. The molecule has 3 nitrogen and oxygen atoms in total. The van der Waals surface area contributed by atoms with Gasteiger partial charge in [0.05, 0.1) is 12.2 Å². The summed E-state index contributed by atoms with van der Waals surface area (Å²) in [5.74, 6) is 0.997. The van der Waals surface area contributed by atoms with E-state index in [1.165, 1.54) is 64.5 Å². The normalized spacial score (nSPS) is 40.3. The molecule has 19 heavy (non-hydrogen) atoms. The molecule has 3 heteroatoms. The van der Waals surface area contributed by atoms with E-state index in [1.807, 2.05) is 7.05 Å². The molecule has 0 amide bonds. The molecule has 0 bridgehead atoms. The predicted molar refractivity (Wildman–Crippen MR) is 78.4 cm³/mol. The van der Waals surface area contributed by atoms with Gasteiger partial charge in [0.2, 0.25) is 0 Å². The highest BCUT2D eigenvalue weighted by Crippen LogP contribution is 2.36. The number of ether oxygens (including phenoxy) is 1. The first-order valence-corrected chi connectivity index (χ1v) is 8.41. The summed E-state index contributed by atoms with van der Waals surface area (Å²) in [7, 11) is 2.02. The Morgan fingerprint density at radius 1 is 1.00 bits per heavy atom. The quantitative estimate of drug-likeness (QED) is 0.845. The molecule has 3 rings (SSSR count). The largest absolute Gasteiger partial charge is 0.372 e. The van der Waals surface area contributed by atoms with E-state index in [0.717, 1.165) is 18.5 Å². The summed E-state index contributed by atoms with van der Waals surface area (Å²) in [6, 6.07) is 0.884. The fraction of sp³-hybridized carbons (Fsp3) is 1.00. The first-order chi connectivity index (χ1) is 9.36. The van der Waals surface area contributed by atoms with Gasteiger partial charge in [0.25, 0.3) is 0 Å². The van der Waals surface area contributed by atoms with Gasteiger partial charge in [-0.3, -0.25) is 4.90 Å². The van der Waals surface area contributed by atoms with Crippen LogP contribution < -0.4 is 5.32 Å². The highest BCUT2D eigenvalue weighted by Gasteiger charge is 2.35. The van der Waals surface area contributed by atoms with Crippen LogP contribution in [-0.2, 0) is 4.74 Å². The minimum atomic E-state index is 0.460. The number of hydrogen-bond donors (Lipinski definition) is 1. The lowest BCUT2D eigenvalue weighted by atomic mass is 9.78. The lowest BCUT2D eigenvalue weighted by Crippen LogP contribution is -2.49. The standard InChI is InChI=1S/C16H30N2O/c1-17-11-14-8-9-15(19-14)12-18-10-4-6-13-5-2-3-7-16(13)18/h13-17H,2-12H2,1H3. The Kier molecular flexibility index (Phi) is 4.78. The van der Waals surface area contributed by atoms with E-state index in [2.05, 4.69) is 10.2 Å². The van der Waals surface area contributed by atoms with Crippen LogP contribution in [0.25, 0.3) is 0 Å². The zero-order chi connectivity index (χ0) is 13.1. The van der Waals surface area contributed by atoms with Crippen LogP contribution in [0.3, 0.4) is 0 Å². The second-order valence-electron chi connectivity index (χ2n) is 6.76. The van der Waals surface area contributed by atoms with Crippen LogP contribution in [0.15, 0.2) is 0 Å².